The number of aryl methyl sites for hydroxylation is 2. The van der Waals surface area contributed by atoms with E-state index in [1.54, 1.807) is 4.68 Å². The van der Waals surface area contributed by atoms with E-state index in [0.717, 1.165) is 35.4 Å². The molecule has 0 unspecified atom stereocenters. The summed E-state index contributed by atoms with van der Waals surface area (Å²) in [7, 11) is 1.89. The highest BCUT2D eigenvalue weighted by Crippen LogP contribution is 2.23. The lowest BCUT2D eigenvalue weighted by Gasteiger charge is -2.21. The number of rotatable bonds is 4. The Hall–Kier alpha value is -0.540. The van der Waals surface area contributed by atoms with Crippen LogP contribution in [0.3, 0.4) is 0 Å². The maximum absolute atomic E-state index is 6.20. The first-order valence-electron chi connectivity index (χ1n) is 6.57. The molecule has 0 radical (unpaired) electrons. The fraction of sp³-hybridized carbons (Fsp3) is 0.769. The van der Waals surface area contributed by atoms with Crippen LogP contribution in [0.15, 0.2) is 0 Å². The molecule has 1 aromatic rings. The number of aromatic nitrogens is 2. The van der Waals surface area contributed by atoms with Crippen LogP contribution < -0.4 is 5.32 Å². The van der Waals surface area contributed by atoms with Crippen LogP contribution in [0, 0.1) is 12.8 Å². The molecule has 0 spiro atoms. The third-order valence-electron chi connectivity index (χ3n) is 3.73. The molecule has 2 rings (SSSR count). The average Bonchev–Trinajstić information content (AvgIpc) is 2.57. The molecule has 3 nitrogen and oxygen atoms in total. The fourth-order valence-corrected chi connectivity index (χ4v) is 2.91. The van der Waals surface area contributed by atoms with Crippen molar-refractivity contribution in [2.75, 3.05) is 6.54 Å². The van der Waals surface area contributed by atoms with E-state index >= 15 is 0 Å². The molecular weight excluding hydrogens is 234 g/mol. The summed E-state index contributed by atoms with van der Waals surface area (Å²) in [6, 6.07) is 0. The number of nitrogens with one attached hydrogen (secondary N) is 1. The lowest BCUT2D eigenvalue weighted by molar-refractivity contribution is 0.342. The van der Waals surface area contributed by atoms with Crippen molar-refractivity contribution >= 4 is 11.6 Å². The topological polar surface area (TPSA) is 29.9 Å². The summed E-state index contributed by atoms with van der Waals surface area (Å²) >= 11 is 6.20. The van der Waals surface area contributed by atoms with Crippen molar-refractivity contribution in [3.63, 3.8) is 0 Å². The van der Waals surface area contributed by atoms with Gasteiger partial charge in [-0.3, -0.25) is 4.68 Å². The number of hydrogen-bond acceptors (Lipinski definition) is 2. The standard InChI is InChI=1S/C13H22ClN3/c1-10-12(13(14)17(2)16-10)9-15-8-11-6-4-3-5-7-11/h11,15H,3-9H2,1-2H3. The highest BCUT2D eigenvalue weighted by Gasteiger charge is 2.14. The zero-order chi connectivity index (χ0) is 12.3. The number of nitrogens with zero attached hydrogens (tertiary/aromatic N) is 2. The lowest BCUT2D eigenvalue weighted by atomic mass is 9.89. The molecule has 0 aromatic carbocycles. The van der Waals surface area contributed by atoms with Crippen LogP contribution in [0.2, 0.25) is 5.15 Å². The first kappa shape index (κ1) is 12.9. The van der Waals surface area contributed by atoms with E-state index in [4.69, 9.17) is 11.6 Å². The normalized spacial score (nSPS) is 17.6. The smallest absolute Gasteiger partial charge is 0.131 e. The third-order valence-corrected chi connectivity index (χ3v) is 4.20. The van der Waals surface area contributed by atoms with Crippen molar-refractivity contribution in [3.05, 3.63) is 16.4 Å². The highest BCUT2D eigenvalue weighted by molar-refractivity contribution is 6.30. The first-order chi connectivity index (χ1) is 8.18. The SMILES string of the molecule is Cc1nn(C)c(Cl)c1CNCC1CCCCC1. The van der Waals surface area contributed by atoms with Gasteiger partial charge in [0.15, 0.2) is 0 Å². The molecule has 1 fully saturated rings. The van der Waals surface area contributed by atoms with Crippen LogP contribution in [0.4, 0.5) is 0 Å². The molecule has 17 heavy (non-hydrogen) atoms. The van der Waals surface area contributed by atoms with Gasteiger partial charge in [0.2, 0.25) is 0 Å². The Labute approximate surface area is 109 Å². The second kappa shape index (κ2) is 5.87. The minimum absolute atomic E-state index is 0.763. The molecule has 1 heterocycles. The van der Waals surface area contributed by atoms with Gasteiger partial charge in [-0.2, -0.15) is 5.10 Å². The maximum Gasteiger partial charge on any atom is 0.131 e. The van der Waals surface area contributed by atoms with Crippen molar-refractivity contribution in [2.24, 2.45) is 13.0 Å². The zero-order valence-electron chi connectivity index (χ0n) is 10.8. The van der Waals surface area contributed by atoms with Crippen LogP contribution in [0.5, 0.6) is 0 Å². The summed E-state index contributed by atoms with van der Waals surface area (Å²) < 4.78 is 1.74. The second-order valence-electron chi connectivity index (χ2n) is 5.11. The Balaban J connectivity index is 1.81. The van der Waals surface area contributed by atoms with Crippen LogP contribution in [-0.4, -0.2) is 16.3 Å². The summed E-state index contributed by atoms with van der Waals surface area (Å²) in [6.45, 7) is 3.98. The molecule has 0 saturated heterocycles. The van der Waals surface area contributed by atoms with Crippen LogP contribution in [0.25, 0.3) is 0 Å². The predicted molar refractivity (Wildman–Crippen MR) is 71.2 cm³/mol. The van der Waals surface area contributed by atoms with Crippen molar-refractivity contribution in [3.8, 4) is 0 Å². The van der Waals surface area contributed by atoms with E-state index < -0.39 is 0 Å². The van der Waals surface area contributed by atoms with Crippen molar-refractivity contribution in [2.45, 2.75) is 45.6 Å². The van der Waals surface area contributed by atoms with E-state index in [1.165, 1.54) is 32.1 Å². The summed E-state index contributed by atoms with van der Waals surface area (Å²) in [5, 5.41) is 8.61. The summed E-state index contributed by atoms with van der Waals surface area (Å²) in [5.41, 5.74) is 2.18. The van der Waals surface area contributed by atoms with Gasteiger partial charge in [-0.1, -0.05) is 30.9 Å². The molecule has 1 saturated carbocycles. The Morgan fingerprint density at radius 1 is 1.35 bits per heavy atom. The molecular formula is C13H22ClN3. The van der Waals surface area contributed by atoms with E-state index in [1.807, 2.05) is 14.0 Å². The van der Waals surface area contributed by atoms with Gasteiger partial charge in [-0.05, 0) is 32.2 Å². The van der Waals surface area contributed by atoms with Crippen molar-refractivity contribution in [1.29, 1.82) is 0 Å². The molecule has 0 amide bonds. The molecule has 4 heteroatoms. The highest BCUT2D eigenvalue weighted by atomic mass is 35.5. The average molecular weight is 256 g/mol. The Kier molecular flexibility index (Phi) is 4.46. The van der Waals surface area contributed by atoms with E-state index in [0.29, 0.717) is 0 Å². The van der Waals surface area contributed by atoms with Gasteiger partial charge in [-0.25, -0.2) is 0 Å². The van der Waals surface area contributed by atoms with Gasteiger partial charge in [0, 0.05) is 19.2 Å². The van der Waals surface area contributed by atoms with Gasteiger partial charge in [-0.15, -0.1) is 0 Å². The van der Waals surface area contributed by atoms with E-state index in [2.05, 4.69) is 10.4 Å². The Bertz CT molecular complexity index is 367. The molecule has 0 bridgehead atoms. The minimum atomic E-state index is 0.763. The quantitative estimate of drug-likeness (QED) is 0.896. The molecule has 1 aliphatic carbocycles. The minimum Gasteiger partial charge on any atom is -0.312 e. The summed E-state index contributed by atoms with van der Waals surface area (Å²) in [6.07, 6.45) is 6.99. The van der Waals surface area contributed by atoms with Crippen LogP contribution in [0.1, 0.15) is 43.4 Å². The maximum atomic E-state index is 6.20. The van der Waals surface area contributed by atoms with Crippen molar-refractivity contribution in [1.82, 2.24) is 15.1 Å². The Morgan fingerprint density at radius 2 is 2.06 bits per heavy atom. The molecule has 1 N–H and O–H groups in total. The van der Waals surface area contributed by atoms with Gasteiger partial charge in [0.05, 0.1) is 5.69 Å². The fourth-order valence-electron chi connectivity index (χ4n) is 2.67. The molecule has 0 atom stereocenters. The molecule has 1 aromatic heterocycles. The largest absolute Gasteiger partial charge is 0.312 e. The first-order valence-corrected chi connectivity index (χ1v) is 6.95. The van der Waals surface area contributed by atoms with Crippen molar-refractivity contribution < 1.29 is 0 Å². The second-order valence-corrected chi connectivity index (χ2v) is 5.47. The van der Waals surface area contributed by atoms with Gasteiger partial charge < -0.3 is 5.32 Å². The summed E-state index contributed by atoms with van der Waals surface area (Å²) in [5.74, 6) is 0.861. The van der Waals surface area contributed by atoms with Gasteiger partial charge >= 0.3 is 0 Å². The lowest BCUT2D eigenvalue weighted by Crippen LogP contribution is -2.24. The number of hydrogen-bond donors (Lipinski definition) is 1. The number of halogens is 1. The zero-order valence-corrected chi connectivity index (χ0v) is 11.6. The third kappa shape index (κ3) is 3.23. The van der Waals surface area contributed by atoms with Gasteiger partial charge in [0.25, 0.3) is 0 Å². The summed E-state index contributed by atoms with van der Waals surface area (Å²) in [4.78, 5) is 0. The monoisotopic (exact) mass is 255 g/mol. The van der Waals surface area contributed by atoms with Crippen LogP contribution >= 0.6 is 11.6 Å². The van der Waals surface area contributed by atoms with Gasteiger partial charge in [0.1, 0.15) is 5.15 Å². The van der Waals surface area contributed by atoms with E-state index in [-0.39, 0.29) is 0 Å². The molecule has 1 aliphatic rings. The Morgan fingerprint density at radius 3 is 2.65 bits per heavy atom. The predicted octanol–water partition coefficient (Wildman–Crippen LogP) is 3.05. The van der Waals surface area contributed by atoms with Crippen LogP contribution in [-0.2, 0) is 13.6 Å². The molecule has 96 valence electrons. The van der Waals surface area contributed by atoms with E-state index in [9.17, 15) is 0 Å². The molecule has 0 aliphatic heterocycles.